The summed E-state index contributed by atoms with van der Waals surface area (Å²) in [5, 5.41) is 8.25. The fraction of sp³-hybridized carbons (Fsp3) is 0.833. The van der Waals surface area contributed by atoms with Crippen molar-refractivity contribution in [3.8, 4) is 6.07 Å². The van der Waals surface area contributed by atoms with E-state index in [2.05, 4.69) is 6.92 Å². The minimum absolute atomic E-state index is 0.499. The average Bonchev–Trinajstić information content (AvgIpc) is 1.84. The highest BCUT2D eigenvalue weighted by molar-refractivity contribution is 7.45. The first-order chi connectivity index (χ1) is 4.62. The van der Waals surface area contributed by atoms with Gasteiger partial charge in [-0.3, -0.25) is 0 Å². The van der Waals surface area contributed by atoms with Gasteiger partial charge in [-0.15, -0.1) is 22.2 Å². The Balaban J connectivity index is 3.54. The van der Waals surface area contributed by atoms with Crippen LogP contribution < -0.4 is 0 Å². The lowest BCUT2D eigenvalue weighted by Crippen LogP contribution is -2.17. The predicted octanol–water partition coefficient (Wildman–Crippen LogP) is 3.23. The molecule has 0 aliphatic carbocycles. The molecule has 0 N–H and O–H groups in total. The van der Waals surface area contributed by atoms with Crippen molar-refractivity contribution in [2.24, 2.45) is 0 Å². The summed E-state index contributed by atoms with van der Waals surface area (Å²) in [6, 6.07) is 3.66. The van der Waals surface area contributed by atoms with Gasteiger partial charge in [-0.05, 0) is 12.1 Å². The Labute approximate surface area is 72.4 Å². The Bertz CT molecular complexity index is 130. The zero-order chi connectivity index (χ0) is 8.04. The molecule has 0 bridgehead atoms. The van der Waals surface area contributed by atoms with Gasteiger partial charge in [0.05, 0.1) is 6.07 Å². The lowest BCUT2D eigenvalue weighted by molar-refractivity contribution is 1.05. The zero-order valence-electron chi connectivity index (χ0n) is 6.03. The number of nitriles is 1. The molecule has 10 heavy (non-hydrogen) atoms. The maximum absolute atomic E-state index is 8.25. The number of rotatable bonds is 4. The van der Waals surface area contributed by atoms with Crippen molar-refractivity contribution in [3.05, 3.63) is 0 Å². The summed E-state index contributed by atoms with van der Waals surface area (Å²) in [6.45, 7) is 0.0521. The molecule has 0 spiro atoms. The van der Waals surface area contributed by atoms with Crippen molar-refractivity contribution >= 4 is 28.9 Å². The third kappa shape index (κ3) is 5.10. The van der Waals surface area contributed by atoms with Crippen LogP contribution in [0.1, 0.15) is 19.8 Å². The number of nitrogens with zero attached hydrogens (tertiary/aromatic N) is 1. The number of hydrogen-bond acceptors (Lipinski definition) is 1. The Hall–Kier alpha value is 0.287. The van der Waals surface area contributed by atoms with Crippen LogP contribution in [0.15, 0.2) is 0 Å². The minimum atomic E-state index is -2.00. The summed E-state index contributed by atoms with van der Waals surface area (Å²) >= 11 is 11.9. The molecule has 58 valence electrons. The normalized spacial score (nSPS) is 11.0. The first-order valence-electron chi connectivity index (χ1n) is 3.37. The molecule has 0 aliphatic rings. The van der Waals surface area contributed by atoms with Crippen LogP contribution in [0.3, 0.4) is 0 Å². The number of hydrogen-bond donors (Lipinski definition) is 0. The van der Waals surface area contributed by atoms with Gasteiger partial charge >= 0.3 is 0 Å². The van der Waals surface area contributed by atoms with Gasteiger partial charge in [-0.1, -0.05) is 13.3 Å². The molecule has 0 unspecified atom stereocenters. The smallest absolute Gasteiger partial charge is 0.198 e. The first-order valence-corrected chi connectivity index (χ1v) is 7.81. The molecule has 0 aromatic heterocycles. The molecule has 0 rings (SSSR count). The van der Waals surface area contributed by atoms with E-state index >= 15 is 0 Å². The molecule has 0 atom stereocenters. The SMILES string of the molecule is CCC[Si](Cl)(Cl)CCC#N. The van der Waals surface area contributed by atoms with Gasteiger partial charge in [0.2, 0.25) is 0 Å². The molecule has 0 amide bonds. The fourth-order valence-corrected chi connectivity index (χ4v) is 3.89. The van der Waals surface area contributed by atoms with Gasteiger partial charge in [0, 0.05) is 6.42 Å². The summed E-state index contributed by atoms with van der Waals surface area (Å²) < 4.78 is 0. The Morgan fingerprint density at radius 2 is 2.00 bits per heavy atom. The molecule has 0 aromatic rings. The summed E-state index contributed by atoms with van der Waals surface area (Å²) in [6.07, 6.45) is 1.52. The second-order valence-electron chi connectivity index (χ2n) is 2.26. The lowest BCUT2D eigenvalue weighted by Gasteiger charge is -2.12. The van der Waals surface area contributed by atoms with Gasteiger partial charge in [-0.25, -0.2) is 0 Å². The van der Waals surface area contributed by atoms with Crippen molar-refractivity contribution < 1.29 is 0 Å². The second kappa shape index (κ2) is 5.01. The Morgan fingerprint density at radius 1 is 1.40 bits per heavy atom. The third-order valence-electron chi connectivity index (χ3n) is 1.22. The van der Waals surface area contributed by atoms with Crippen LogP contribution in [-0.4, -0.2) is 6.69 Å². The van der Waals surface area contributed by atoms with E-state index in [4.69, 9.17) is 27.4 Å². The van der Waals surface area contributed by atoms with Crippen molar-refractivity contribution in [2.45, 2.75) is 31.9 Å². The molecule has 0 radical (unpaired) electrons. The molecule has 0 aromatic carbocycles. The van der Waals surface area contributed by atoms with Crippen LogP contribution in [-0.2, 0) is 0 Å². The Morgan fingerprint density at radius 3 is 2.40 bits per heavy atom. The predicted molar refractivity (Wildman–Crippen MR) is 47.6 cm³/mol. The molecule has 0 heterocycles. The van der Waals surface area contributed by atoms with E-state index in [1.807, 2.05) is 6.07 Å². The van der Waals surface area contributed by atoms with E-state index in [0.717, 1.165) is 12.5 Å². The number of halogens is 2. The highest BCUT2D eigenvalue weighted by atomic mass is 35.7. The molecule has 0 saturated heterocycles. The molecular weight excluding hydrogens is 185 g/mol. The fourth-order valence-electron chi connectivity index (χ4n) is 0.730. The maximum Gasteiger partial charge on any atom is 0.252 e. The molecular formula is C6H11Cl2NSi. The van der Waals surface area contributed by atoms with Crippen LogP contribution in [0.4, 0.5) is 0 Å². The van der Waals surface area contributed by atoms with Crippen molar-refractivity contribution in [1.29, 1.82) is 5.26 Å². The topological polar surface area (TPSA) is 23.8 Å². The zero-order valence-corrected chi connectivity index (χ0v) is 8.54. The van der Waals surface area contributed by atoms with Crippen molar-refractivity contribution in [2.75, 3.05) is 0 Å². The van der Waals surface area contributed by atoms with E-state index < -0.39 is 6.69 Å². The van der Waals surface area contributed by atoms with Crippen molar-refractivity contribution in [3.63, 3.8) is 0 Å². The standard InChI is InChI=1S/C6H11Cl2NSi/c1-2-5-10(7,8)6-3-4-9/h2-3,5-6H2,1H3. The Kier molecular flexibility index (Phi) is 5.15. The molecule has 0 aliphatic heterocycles. The molecule has 4 heteroatoms. The lowest BCUT2D eigenvalue weighted by atomic mass is 10.6. The second-order valence-corrected chi connectivity index (χ2v) is 9.90. The van der Waals surface area contributed by atoms with E-state index in [1.54, 1.807) is 0 Å². The van der Waals surface area contributed by atoms with E-state index in [1.165, 1.54) is 0 Å². The summed E-state index contributed by atoms with van der Waals surface area (Å²) in [7, 11) is 0. The highest BCUT2D eigenvalue weighted by Gasteiger charge is 2.25. The molecule has 1 nitrogen and oxygen atoms in total. The van der Waals surface area contributed by atoms with Crippen molar-refractivity contribution in [1.82, 2.24) is 0 Å². The maximum atomic E-state index is 8.25. The van der Waals surface area contributed by atoms with Gasteiger partial charge < -0.3 is 0 Å². The largest absolute Gasteiger partial charge is 0.252 e. The van der Waals surface area contributed by atoms with E-state index in [0.29, 0.717) is 12.5 Å². The van der Waals surface area contributed by atoms with Gasteiger partial charge in [0.25, 0.3) is 6.69 Å². The highest BCUT2D eigenvalue weighted by Crippen LogP contribution is 2.27. The van der Waals surface area contributed by atoms with Crippen LogP contribution in [0, 0.1) is 11.3 Å². The van der Waals surface area contributed by atoms with Gasteiger partial charge in [0.1, 0.15) is 0 Å². The quantitative estimate of drug-likeness (QED) is 0.500. The van der Waals surface area contributed by atoms with E-state index in [-0.39, 0.29) is 0 Å². The summed E-state index contributed by atoms with van der Waals surface area (Å²) in [4.78, 5) is 0. The molecule has 0 saturated carbocycles. The van der Waals surface area contributed by atoms with Crippen LogP contribution in [0.5, 0.6) is 0 Å². The first kappa shape index (κ1) is 10.3. The van der Waals surface area contributed by atoms with E-state index in [9.17, 15) is 0 Å². The van der Waals surface area contributed by atoms with Crippen LogP contribution in [0.2, 0.25) is 12.1 Å². The minimum Gasteiger partial charge on any atom is -0.198 e. The monoisotopic (exact) mass is 195 g/mol. The average molecular weight is 196 g/mol. The molecule has 0 fully saturated rings. The van der Waals surface area contributed by atoms with Crippen LogP contribution >= 0.6 is 22.2 Å². The third-order valence-corrected chi connectivity index (χ3v) is 5.70. The van der Waals surface area contributed by atoms with Gasteiger partial charge in [-0.2, -0.15) is 5.26 Å². The van der Waals surface area contributed by atoms with Crippen LogP contribution in [0.25, 0.3) is 0 Å². The summed E-state index contributed by atoms with van der Waals surface area (Å²) in [5.74, 6) is 0. The summed E-state index contributed by atoms with van der Waals surface area (Å²) in [5.41, 5.74) is 0. The van der Waals surface area contributed by atoms with Gasteiger partial charge in [0.15, 0.2) is 0 Å².